The molecule has 1 saturated carbocycles. The van der Waals surface area contributed by atoms with Crippen LogP contribution in [0.4, 0.5) is 0 Å². The number of rotatable bonds is 1. The van der Waals surface area contributed by atoms with Crippen LogP contribution in [0.25, 0.3) is 0 Å². The first-order chi connectivity index (χ1) is 8.84. The average molecular weight is 263 g/mol. The molecule has 1 aliphatic heterocycles. The highest BCUT2D eigenvalue weighted by atomic mass is 32.1. The van der Waals surface area contributed by atoms with Crippen LogP contribution in [-0.4, -0.2) is 17.4 Å². The number of amides is 1. The highest BCUT2D eigenvalue weighted by Gasteiger charge is 2.27. The zero-order valence-corrected chi connectivity index (χ0v) is 11.7. The fraction of sp³-hybridized carbons (Fsp3) is 0.667. The average Bonchev–Trinajstić information content (AvgIpc) is 2.69. The van der Waals surface area contributed by atoms with Crippen molar-refractivity contribution < 1.29 is 4.79 Å². The van der Waals surface area contributed by atoms with E-state index in [4.69, 9.17) is 0 Å². The number of carbonyl (C=O) groups excluding carboxylic acids is 1. The van der Waals surface area contributed by atoms with Gasteiger partial charge < -0.3 is 4.90 Å². The van der Waals surface area contributed by atoms with Gasteiger partial charge in [0.1, 0.15) is 0 Å². The summed E-state index contributed by atoms with van der Waals surface area (Å²) in [5, 5.41) is 2.16. The van der Waals surface area contributed by atoms with Crippen molar-refractivity contribution in [2.24, 2.45) is 5.92 Å². The van der Waals surface area contributed by atoms with Crippen LogP contribution in [-0.2, 0) is 17.8 Å². The zero-order chi connectivity index (χ0) is 12.4. The molecule has 0 spiro atoms. The van der Waals surface area contributed by atoms with Crippen LogP contribution in [0.3, 0.4) is 0 Å². The third-order valence-corrected chi connectivity index (χ3v) is 5.35. The number of hydrogen-bond acceptors (Lipinski definition) is 2. The quantitative estimate of drug-likeness (QED) is 0.709. The molecule has 0 radical (unpaired) electrons. The van der Waals surface area contributed by atoms with Crippen molar-refractivity contribution in [3.63, 3.8) is 0 Å². The van der Waals surface area contributed by atoms with E-state index in [0.29, 0.717) is 11.8 Å². The van der Waals surface area contributed by atoms with Gasteiger partial charge in [-0.2, -0.15) is 0 Å². The summed E-state index contributed by atoms with van der Waals surface area (Å²) in [7, 11) is 0. The van der Waals surface area contributed by atoms with E-state index in [1.165, 1.54) is 36.1 Å². The predicted octanol–water partition coefficient (Wildman–Crippen LogP) is 3.60. The number of carbonyl (C=O) groups is 1. The van der Waals surface area contributed by atoms with Gasteiger partial charge in [-0.3, -0.25) is 4.79 Å². The Hall–Kier alpha value is -0.830. The van der Waals surface area contributed by atoms with Crippen LogP contribution in [0.2, 0.25) is 0 Å². The van der Waals surface area contributed by atoms with E-state index in [2.05, 4.69) is 16.3 Å². The summed E-state index contributed by atoms with van der Waals surface area (Å²) in [6, 6.07) is 2.19. The summed E-state index contributed by atoms with van der Waals surface area (Å²) in [4.78, 5) is 16.2. The van der Waals surface area contributed by atoms with Crippen molar-refractivity contribution >= 4 is 17.2 Å². The molecule has 1 fully saturated rings. The molecule has 98 valence electrons. The van der Waals surface area contributed by atoms with Crippen molar-refractivity contribution in [2.45, 2.75) is 51.5 Å². The molecule has 2 heterocycles. The molecule has 0 unspecified atom stereocenters. The lowest BCUT2D eigenvalue weighted by Crippen LogP contribution is -2.39. The predicted molar refractivity (Wildman–Crippen MR) is 74.6 cm³/mol. The minimum absolute atomic E-state index is 0.313. The lowest BCUT2D eigenvalue weighted by molar-refractivity contribution is -0.136. The first kappa shape index (κ1) is 12.2. The highest BCUT2D eigenvalue weighted by molar-refractivity contribution is 7.10. The standard InChI is InChI=1S/C15H21NOS/c17-15(12-5-3-1-2-4-6-12)16-9-7-14-13(11-16)8-10-18-14/h8,10,12H,1-7,9,11H2. The normalized spacial score (nSPS) is 21.4. The van der Waals surface area contributed by atoms with E-state index < -0.39 is 0 Å². The largest absolute Gasteiger partial charge is 0.338 e. The van der Waals surface area contributed by atoms with Crippen LogP contribution in [0, 0.1) is 5.92 Å². The molecule has 1 amide bonds. The Morgan fingerprint density at radius 1 is 1.22 bits per heavy atom. The van der Waals surface area contributed by atoms with Crippen molar-refractivity contribution in [1.82, 2.24) is 4.90 Å². The molecule has 3 heteroatoms. The smallest absolute Gasteiger partial charge is 0.225 e. The van der Waals surface area contributed by atoms with E-state index in [-0.39, 0.29) is 0 Å². The molecule has 1 aromatic rings. The summed E-state index contributed by atoms with van der Waals surface area (Å²) in [6.45, 7) is 1.79. The van der Waals surface area contributed by atoms with Gasteiger partial charge >= 0.3 is 0 Å². The maximum atomic E-state index is 12.6. The van der Waals surface area contributed by atoms with Gasteiger partial charge in [0, 0.05) is 23.9 Å². The maximum absolute atomic E-state index is 12.6. The van der Waals surface area contributed by atoms with Crippen molar-refractivity contribution in [1.29, 1.82) is 0 Å². The second kappa shape index (κ2) is 5.43. The van der Waals surface area contributed by atoms with Gasteiger partial charge in [-0.25, -0.2) is 0 Å². The molecule has 18 heavy (non-hydrogen) atoms. The van der Waals surface area contributed by atoms with Crippen LogP contribution >= 0.6 is 11.3 Å². The van der Waals surface area contributed by atoms with Gasteiger partial charge in [0.25, 0.3) is 0 Å². The number of thiophene rings is 1. The minimum Gasteiger partial charge on any atom is -0.338 e. The lowest BCUT2D eigenvalue weighted by Gasteiger charge is -2.30. The molecule has 0 bridgehead atoms. The van der Waals surface area contributed by atoms with Crippen LogP contribution in [0.1, 0.15) is 49.0 Å². The maximum Gasteiger partial charge on any atom is 0.225 e. The van der Waals surface area contributed by atoms with Gasteiger partial charge in [0.15, 0.2) is 0 Å². The molecule has 0 N–H and O–H groups in total. The lowest BCUT2D eigenvalue weighted by atomic mass is 9.97. The summed E-state index contributed by atoms with van der Waals surface area (Å²) in [5.74, 6) is 0.737. The number of fused-ring (bicyclic) bond motifs is 1. The van der Waals surface area contributed by atoms with Gasteiger partial charge in [0.2, 0.25) is 5.91 Å². The van der Waals surface area contributed by atoms with E-state index >= 15 is 0 Å². The fourth-order valence-electron chi connectivity index (χ4n) is 3.22. The molecule has 0 atom stereocenters. The number of nitrogens with zero attached hydrogens (tertiary/aromatic N) is 1. The molecule has 0 aromatic carbocycles. The summed E-state index contributed by atoms with van der Waals surface area (Å²) >= 11 is 1.84. The zero-order valence-electron chi connectivity index (χ0n) is 10.9. The third kappa shape index (κ3) is 2.46. The van der Waals surface area contributed by atoms with Gasteiger partial charge in [-0.15, -0.1) is 11.3 Å². The summed E-state index contributed by atoms with van der Waals surface area (Å²) in [5.41, 5.74) is 1.38. The van der Waals surface area contributed by atoms with Crippen LogP contribution < -0.4 is 0 Å². The van der Waals surface area contributed by atoms with Crippen molar-refractivity contribution in [2.75, 3.05) is 6.54 Å². The van der Waals surface area contributed by atoms with Gasteiger partial charge in [-0.1, -0.05) is 25.7 Å². The molecule has 2 nitrogen and oxygen atoms in total. The van der Waals surface area contributed by atoms with E-state index in [1.807, 2.05) is 11.3 Å². The molecule has 2 aliphatic rings. The first-order valence-electron chi connectivity index (χ1n) is 7.18. The van der Waals surface area contributed by atoms with Gasteiger partial charge in [0.05, 0.1) is 0 Å². The summed E-state index contributed by atoms with van der Waals surface area (Å²) < 4.78 is 0. The van der Waals surface area contributed by atoms with Gasteiger partial charge in [-0.05, 0) is 36.3 Å². The SMILES string of the molecule is O=C(C1CCCCCC1)N1CCc2sccc2C1. The minimum atomic E-state index is 0.313. The Morgan fingerprint density at radius 2 is 2.00 bits per heavy atom. The highest BCUT2D eigenvalue weighted by Crippen LogP contribution is 2.28. The van der Waals surface area contributed by atoms with Crippen molar-refractivity contribution in [3.8, 4) is 0 Å². The Morgan fingerprint density at radius 3 is 2.78 bits per heavy atom. The second-order valence-corrected chi connectivity index (χ2v) is 6.57. The molecule has 0 saturated heterocycles. The summed E-state index contributed by atoms with van der Waals surface area (Å²) in [6.07, 6.45) is 8.42. The Kier molecular flexibility index (Phi) is 3.69. The van der Waals surface area contributed by atoms with Crippen LogP contribution in [0.5, 0.6) is 0 Å². The molecular formula is C15H21NOS. The fourth-order valence-corrected chi connectivity index (χ4v) is 4.11. The second-order valence-electron chi connectivity index (χ2n) is 5.57. The molecule has 1 aliphatic carbocycles. The van der Waals surface area contributed by atoms with E-state index in [9.17, 15) is 4.79 Å². The Labute approximate surface area is 113 Å². The Bertz CT molecular complexity index is 418. The Balaban J connectivity index is 1.66. The third-order valence-electron chi connectivity index (χ3n) is 4.32. The molecular weight excluding hydrogens is 242 g/mol. The monoisotopic (exact) mass is 263 g/mol. The molecule has 1 aromatic heterocycles. The molecule has 3 rings (SSSR count). The first-order valence-corrected chi connectivity index (χ1v) is 8.06. The van der Waals surface area contributed by atoms with E-state index in [1.54, 1.807) is 0 Å². The topological polar surface area (TPSA) is 20.3 Å². The number of hydrogen-bond donors (Lipinski definition) is 0. The van der Waals surface area contributed by atoms with Crippen LogP contribution in [0.15, 0.2) is 11.4 Å². The van der Waals surface area contributed by atoms with Crippen molar-refractivity contribution in [3.05, 3.63) is 21.9 Å². The van der Waals surface area contributed by atoms with E-state index in [0.717, 1.165) is 32.4 Å².